The van der Waals surface area contributed by atoms with Crippen LogP contribution in [-0.4, -0.2) is 31.2 Å². The first-order valence-corrected chi connectivity index (χ1v) is 9.82. The first kappa shape index (κ1) is 16.5. The molecule has 1 aromatic rings. The first-order chi connectivity index (χ1) is 11.0. The predicted octanol–water partition coefficient (Wildman–Crippen LogP) is 2.99. The van der Waals surface area contributed by atoms with Gasteiger partial charge in [-0.3, -0.25) is 4.79 Å². The lowest BCUT2D eigenvalue weighted by atomic mass is 9.97. The highest BCUT2D eigenvalue weighted by atomic mass is 32.2. The van der Waals surface area contributed by atoms with Crippen molar-refractivity contribution in [3.8, 4) is 0 Å². The summed E-state index contributed by atoms with van der Waals surface area (Å²) in [6.45, 7) is 2.05. The Morgan fingerprint density at radius 3 is 2.35 bits per heavy atom. The zero-order chi connectivity index (χ0) is 16.4. The Balaban J connectivity index is 1.81. The number of hydrogen-bond donors (Lipinski definition) is 1. The minimum absolute atomic E-state index is 0.164. The van der Waals surface area contributed by atoms with Gasteiger partial charge >= 0.3 is 0 Å². The van der Waals surface area contributed by atoms with E-state index in [2.05, 4.69) is 5.32 Å². The summed E-state index contributed by atoms with van der Waals surface area (Å²) < 4.78 is 27.7. The number of nitrogens with one attached hydrogen (secondary N) is 1. The van der Waals surface area contributed by atoms with Crippen LogP contribution in [0.25, 0.3) is 0 Å². The van der Waals surface area contributed by atoms with Crippen LogP contribution >= 0.6 is 0 Å². The monoisotopic (exact) mass is 336 g/mol. The highest BCUT2D eigenvalue weighted by Crippen LogP contribution is 2.38. The zero-order valence-electron chi connectivity index (χ0n) is 13.5. The highest BCUT2D eigenvalue weighted by molar-refractivity contribution is 7.89. The molecule has 2 aliphatic rings. The van der Waals surface area contributed by atoms with E-state index in [4.69, 9.17) is 0 Å². The Morgan fingerprint density at radius 2 is 1.74 bits per heavy atom. The molecule has 1 N–H and O–H groups in total. The second kappa shape index (κ2) is 6.61. The molecule has 3 rings (SSSR count). The van der Waals surface area contributed by atoms with Crippen LogP contribution in [0.15, 0.2) is 29.2 Å². The van der Waals surface area contributed by atoms with Gasteiger partial charge in [-0.15, -0.1) is 0 Å². The second-order valence-electron chi connectivity index (χ2n) is 6.58. The molecule has 1 aliphatic carbocycles. The van der Waals surface area contributed by atoms with Gasteiger partial charge in [-0.25, -0.2) is 8.42 Å². The van der Waals surface area contributed by atoms with Gasteiger partial charge in [-0.2, -0.15) is 4.31 Å². The van der Waals surface area contributed by atoms with Crippen LogP contribution in [0.2, 0.25) is 0 Å². The van der Waals surface area contributed by atoms with Crippen LogP contribution in [0.5, 0.6) is 0 Å². The van der Waals surface area contributed by atoms with Crippen molar-refractivity contribution in [1.82, 2.24) is 4.31 Å². The average molecular weight is 336 g/mol. The Bertz CT molecular complexity index is 664. The molecule has 2 fully saturated rings. The maximum absolute atomic E-state index is 13.0. The van der Waals surface area contributed by atoms with E-state index < -0.39 is 10.0 Å². The molecule has 0 bridgehead atoms. The van der Waals surface area contributed by atoms with Crippen LogP contribution in [0.1, 0.15) is 45.4 Å². The van der Waals surface area contributed by atoms with Gasteiger partial charge in [-0.1, -0.05) is 12.8 Å². The van der Waals surface area contributed by atoms with E-state index in [9.17, 15) is 13.2 Å². The van der Waals surface area contributed by atoms with E-state index in [0.29, 0.717) is 23.0 Å². The number of nitrogens with zero attached hydrogens (tertiary/aromatic N) is 1. The molecule has 0 spiro atoms. The lowest BCUT2D eigenvalue weighted by molar-refractivity contribution is -0.114. The molecule has 126 valence electrons. The first-order valence-electron chi connectivity index (χ1n) is 8.38. The summed E-state index contributed by atoms with van der Waals surface area (Å²) in [6, 6.07) is 6.64. The Morgan fingerprint density at radius 1 is 1.09 bits per heavy atom. The third-order valence-electron chi connectivity index (χ3n) is 4.97. The Hall–Kier alpha value is -1.40. The molecular weight excluding hydrogens is 312 g/mol. The minimum Gasteiger partial charge on any atom is -0.326 e. The van der Waals surface area contributed by atoms with E-state index in [1.807, 2.05) is 0 Å². The second-order valence-corrected chi connectivity index (χ2v) is 8.47. The van der Waals surface area contributed by atoms with Crippen molar-refractivity contribution in [2.24, 2.45) is 5.92 Å². The molecule has 1 heterocycles. The van der Waals surface area contributed by atoms with Gasteiger partial charge in [0.1, 0.15) is 0 Å². The molecule has 23 heavy (non-hydrogen) atoms. The molecule has 1 atom stereocenters. The van der Waals surface area contributed by atoms with E-state index in [1.54, 1.807) is 28.6 Å². The molecule has 0 aromatic heterocycles. The summed E-state index contributed by atoms with van der Waals surface area (Å²) in [4.78, 5) is 11.4. The van der Waals surface area contributed by atoms with Gasteiger partial charge in [0.2, 0.25) is 15.9 Å². The number of amides is 1. The van der Waals surface area contributed by atoms with Crippen molar-refractivity contribution in [1.29, 1.82) is 0 Å². The molecule has 5 nitrogen and oxygen atoms in total. The van der Waals surface area contributed by atoms with Crippen molar-refractivity contribution < 1.29 is 13.2 Å². The normalized spacial score (nSPS) is 23.3. The number of carbonyl (C=O) groups is 1. The maximum Gasteiger partial charge on any atom is 0.243 e. The summed E-state index contributed by atoms with van der Waals surface area (Å²) in [7, 11) is -3.45. The molecule has 1 saturated carbocycles. The Kier molecular flexibility index (Phi) is 4.73. The van der Waals surface area contributed by atoms with Crippen molar-refractivity contribution in [2.45, 2.75) is 56.4 Å². The fraction of sp³-hybridized carbons (Fsp3) is 0.588. The summed E-state index contributed by atoms with van der Waals surface area (Å²) in [5.41, 5.74) is 0.616. The van der Waals surface area contributed by atoms with Gasteiger partial charge in [0.15, 0.2) is 0 Å². The van der Waals surface area contributed by atoms with Crippen LogP contribution < -0.4 is 5.32 Å². The maximum atomic E-state index is 13.0. The number of benzene rings is 1. The quantitative estimate of drug-likeness (QED) is 0.919. The predicted molar refractivity (Wildman–Crippen MR) is 89.6 cm³/mol. The van der Waals surface area contributed by atoms with Crippen LogP contribution in [-0.2, 0) is 14.8 Å². The van der Waals surface area contributed by atoms with Crippen molar-refractivity contribution >= 4 is 21.6 Å². The van der Waals surface area contributed by atoms with E-state index in [-0.39, 0.29) is 11.9 Å². The van der Waals surface area contributed by atoms with Crippen LogP contribution in [0, 0.1) is 5.92 Å². The standard InChI is InChI=1S/C17H24N2O3S/c1-13(20)18-15-8-10-16(11-9-15)23(21,22)19-12-4-7-17(19)14-5-2-3-6-14/h8-11,14,17H,2-7,12H2,1H3,(H,18,20). The summed E-state index contributed by atoms with van der Waals surface area (Å²) >= 11 is 0. The topological polar surface area (TPSA) is 66.5 Å². The summed E-state index contributed by atoms with van der Waals surface area (Å²) in [5, 5.41) is 2.66. The summed E-state index contributed by atoms with van der Waals surface area (Å²) in [6.07, 6.45) is 6.68. The highest BCUT2D eigenvalue weighted by Gasteiger charge is 2.40. The van der Waals surface area contributed by atoms with Crippen LogP contribution in [0.4, 0.5) is 5.69 Å². The van der Waals surface area contributed by atoms with Gasteiger partial charge in [0, 0.05) is 25.2 Å². The van der Waals surface area contributed by atoms with E-state index >= 15 is 0 Å². The molecule has 1 aliphatic heterocycles. The van der Waals surface area contributed by atoms with Gasteiger partial charge in [0.25, 0.3) is 0 Å². The Labute approximate surface area is 138 Å². The van der Waals surface area contributed by atoms with Crippen molar-refractivity contribution in [3.05, 3.63) is 24.3 Å². The molecule has 1 aromatic carbocycles. The largest absolute Gasteiger partial charge is 0.326 e. The number of anilines is 1. The van der Waals surface area contributed by atoms with Crippen molar-refractivity contribution in [3.63, 3.8) is 0 Å². The van der Waals surface area contributed by atoms with Crippen LogP contribution in [0.3, 0.4) is 0 Å². The van der Waals surface area contributed by atoms with Gasteiger partial charge < -0.3 is 5.32 Å². The lowest BCUT2D eigenvalue weighted by Crippen LogP contribution is -2.39. The fourth-order valence-electron chi connectivity index (χ4n) is 3.93. The average Bonchev–Trinajstić information content (AvgIpc) is 3.18. The molecule has 0 radical (unpaired) electrons. The SMILES string of the molecule is CC(=O)Nc1ccc(S(=O)(=O)N2CCCC2C2CCCC2)cc1. The minimum atomic E-state index is -3.45. The number of rotatable bonds is 4. The number of hydrogen-bond acceptors (Lipinski definition) is 3. The molecular formula is C17H24N2O3S. The molecule has 1 saturated heterocycles. The third kappa shape index (κ3) is 3.43. The molecule has 1 amide bonds. The van der Waals surface area contributed by atoms with Gasteiger partial charge in [0.05, 0.1) is 4.90 Å². The number of carbonyl (C=O) groups excluding carboxylic acids is 1. The van der Waals surface area contributed by atoms with Crippen molar-refractivity contribution in [2.75, 3.05) is 11.9 Å². The fourth-order valence-corrected chi connectivity index (χ4v) is 5.68. The number of sulfonamides is 1. The van der Waals surface area contributed by atoms with Gasteiger partial charge in [-0.05, 0) is 55.9 Å². The summed E-state index contributed by atoms with van der Waals surface area (Å²) in [5.74, 6) is 0.354. The van der Waals surface area contributed by atoms with E-state index in [1.165, 1.54) is 19.8 Å². The van der Waals surface area contributed by atoms with E-state index in [0.717, 1.165) is 25.7 Å². The molecule has 6 heteroatoms. The lowest BCUT2D eigenvalue weighted by Gasteiger charge is -2.28. The smallest absolute Gasteiger partial charge is 0.243 e. The third-order valence-corrected chi connectivity index (χ3v) is 6.91. The molecule has 1 unspecified atom stereocenters. The zero-order valence-corrected chi connectivity index (χ0v) is 14.3.